The number of aryl methyl sites for hydroxylation is 1. The van der Waals surface area contributed by atoms with Crippen molar-refractivity contribution in [2.75, 3.05) is 11.2 Å². The molecule has 11 heteroatoms. The topological polar surface area (TPSA) is 110 Å². The van der Waals surface area contributed by atoms with Gasteiger partial charge in [-0.15, -0.1) is 22.9 Å². The predicted octanol–water partition coefficient (Wildman–Crippen LogP) is 2.36. The molecule has 0 aliphatic rings. The van der Waals surface area contributed by atoms with E-state index in [1.165, 1.54) is 17.5 Å². The molecule has 0 aromatic carbocycles. The van der Waals surface area contributed by atoms with E-state index in [0.717, 1.165) is 15.3 Å². The number of fused-ring (bicyclic) bond motifs is 5. The van der Waals surface area contributed by atoms with Crippen molar-refractivity contribution in [2.45, 2.75) is 0 Å². The van der Waals surface area contributed by atoms with Gasteiger partial charge in [0.15, 0.2) is 0 Å². The van der Waals surface area contributed by atoms with Gasteiger partial charge in [0.05, 0.1) is 28.5 Å². The first-order valence-electron chi connectivity index (χ1n) is 8.22. The first-order valence-corrected chi connectivity index (χ1v) is 9.57. The van der Waals surface area contributed by atoms with Crippen LogP contribution in [-0.2, 0) is 11.8 Å². The molecule has 0 radical (unpaired) electrons. The van der Waals surface area contributed by atoms with Crippen LogP contribution in [0.3, 0.4) is 0 Å². The quantitative estimate of drug-likeness (QED) is 0.441. The largest absolute Gasteiger partial charge is 0.324 e. The predicted molar refractivity (Wildman–Crippen MR) is 108 cm³/mol. The van der Waals surface area contributed by atoms with Crippen molar-refractivity contribution in [1.82, 2.24) is 29.4 Å². The van der Waals surface area contributed by atoms with E-state index in [4.69, 9.17) is 11.6 Å². The lowest BCUT2D eigenvalue weighted by molar-refractivity contribution is -0.113. The van der Waals surface area contributed by atoms with Crippen molar-refractivity contribution in [1.29, 1.82) is 0 Å². The van der Waals surface area contributed by atoms with Gasteiger partial charge in [-0.2, -0.15) is 10.2 Å². The van der Waals surface area contributed by atoms with E-state index in [2.05, 4.69) is 25.5 Å². The lowest BCUT2D eigenvalue weighted by Gasteiger charge is -2.04. The van der Waals surface area contributed by atoms with Crippen LogP contribution >= 0.6 is 22.9 Å². The summed E-state index contributed by atoms with van der Waals surface area (Å²) in [7, 11) is 1.85. The van der Waals surface area contributed by atoms with E-state index in [9.17, 15) is 9.59 Å². The Morgan fingerprint density at radius 1 is 1.32 bits per heavy atom. The summed E-state index contributed by atoms with van der Waals surface area (Å²) >= 11 is 6.97. The van der Waals surface area contributed by atoms with E-state index in [1.807, 2.05) is 19.4 Å². The number of carbonyl (C=O) groups excluding carboxylic acids is 1. The normalized spacial score (nSPS) is 11.6. The fraction of sp³-hybridized carbons (Fsp3) is 0.118. The highest BCUT2D eigenvalue weighted by Gasteiger charge is 2.18. The van der Waals surface area contributed by atoms with E-state index in [-0.39, 0.29) is 17.3 Å². The maximum absolute atomic E-state index is 12.8. The molecule has 0 aliphatic heterocycles. The third kappa shape index (κ3) is 2.57. The maximum Gasteiger partial charge on any atom is 0.261 e. The van der Waals surface area contributed by atoms with Crippen LogP contribution in [0, 0.1) is 0 Å². The third-order valence-corrected chi connectivity index (χ3v) is 5.68. The zero-order chi connectivity index (χ0) is 19.4. The summed E-state index contributed by atoms with van der Waals surface area (Å²) in [6.45, 7) is 0. The van der Waals surface area contributed by atoms with E-state index < -0.39 is 0 Å². The van der Waals surface area contributed by atoms with Crippen molar-refractivity contribution in [3.63, 3.8) is 0 Å². The van der Waals surface area contributed by atoms with Crippen molar-refractivity contribution >= 4 is 61.3 Å². The lowest BCUT2D eigenvalue weighted by Crippen LogP contribution is -2.13. The van der Waals surface area contributed by atoms with Crippen LogP contribution < -0.4 is 10.9 Å². The van der Waals surface area contributed by atoms with Gasteiger partial charge >= 0.3 is 0 Å². The summed E-state index contributed by atoms with van der Waals surface area (Å²) < 4.78 is 3.41. The number of amides is 1. The number of alkyl halides is 1. The fourth-order valence-electron chi connectivity index (χ4n) is 3.09. The minimum absolute atomic E-state index is 0.163. The van der Waals surface area contributed by atoms with Gasteiger partial charge < -0.3 is 10.3 Å². The van der Waals surface area contributed by atoms with Gasteiger partial charge in [0.25, 0.3) is 5.56 Å². The number of halogens is 1. The number of hydrogen-bond acceptors (Lipinski definition) is 6. The monoisotopic (exact) mass is 413 g/mol. The smallest absolute Gasteiger partial charge is 0.261 e. The Morgan fingerprint density at radius 3 is 2.93 bits per heavy atom. The first kappa shape index (κ1) is 16.9. The minimum atomic E-state index is -0.350. The number of anilines is 1. The SMILES string of the molecule is Cn1cc(-c2cn3nc4c5ncc(NC(=O)CCl)cc5[nH]c(=O)c4c3s2)cn1. The van der Waals surface area contributed by atoms with Gasteiger partial charge in [0, 0.05) is 25.0 Å². The summed E-state index contributed by atoms with van der Waals surface area (Å²) in [5.74, 6) is -0.513. The van der Waals surface area contributed by atoms with Crippen LogP contribution in [0.25, 0.3) is 37.2 Å². The molecule has 0 atom stereocenters. The molecule has 5 heterocycles. The number of carbonyl (C=O) groups is 1. The van der Waals surface area contributed by atoms with Crippen LogP contribution in [0.1, 0.15) is 0 Å². The standard InChI is InChI=1S/C17H12ClN7O2S/c1-24-6-8(4-20-24)11-7-25-17(28-11)13-15(23-25)14-10(22-16(13)27)2-9(5-19-14)21-12(26)3-18/h2,4-7H,3H2,1H3,(H,21,26)(H,22,27). The number of thiazole rings is 1. The van der Waals surface area contributed by atoms with Crippen LogP contribution in [0.2, 0.25) is 0 Å². The van der Waals surface area contributed by atoms with E-state index in [1.54, 1.807) is 21.5 Å². The maximum atomic E-state index is 12.8. The number of hydrogen-bond donors (Lipinski definition) is 2. The summed E-state index contributed by atoms with van der Waals surface area (Å²) in [6, 6.07) is 1.64. The molecule has 0 saturated heterocycles. The van der Waals surface area contributed by atoms with Crippen LogP contribution in [-0.4, -0.2) is 41.1 Å². The second kappa shape index (κ2) is 6.14. The van der Waals surface area contributed by atoms with E-state index in [0.29, 0.717) is 27.6 Å². The second-order valence-corrected chi connectivity index (χ2v) is 7.53. The number of nitrogens with zero attached hydrogens (tertiary/aromatic N) is 5. The molecule has 0 spiro atoms. The van der Waals surface area contributed by atoms with Crippen LogP contribution in [0.4, 0.5) is 5.69 Å². The molecule has 5 aromatic rings. The number of aromatic amines is 1. The minimum Gasteiger partial charge on any atom is -0.324 e. The summed E-state index contributed by atoms with van der Waals surface area (Å²) in [5, 5.41) is 11.9. The highest BCUT2D eigenvalue weighted by atomic mass is 35.5. The molecule has 2 N–H and O–H groups in total. The van der Waals surface area contributed by atoms with Crippen molar-refractivity contribution in [2.24, 2.45) is 7.05 Å². The molecule has 28 heavy (non-hydrogen) atoms. The van der Waals surface area contributed by atoms with Crippen LogP contribution in [0.5, 0.6) is 0 Å². The fourth-order valence-corrected chi connectivity index (χ4v) is 4.22. The number of rotatable bonds is 3. The molecule has 9 nitrogen and oxygen atoms in total. The van der Waals surface area contributed by atoms with Gasteiger partial charge in [-0.1, -0.05) is 0 Å². The summed E-state index contributed by atoms with van der Waals surface area (Å²) in [6.07, 6.45) is 7.06. The Bertz CT molecular complexity index is 1440. The average Bonchev–Trinajstić information content (AvgIpc) is 3.35. The molecule has 0 unspecified atom stereocenters. The zero-order valence-electron chi connectivity index (χ0n) is 14.4. The van der Waals surface area contributed by atoms with Crippen LogP contribution in [0.15, 0.2) is 35.6 Å². The second-order valence-electron chi connectivity index (χ2n) is 6.23. The number of nitrogens with one attached hydrogen (secondary N) is 2. The molecule has 0 fully saturated rings. The zero-order valence-corrected chi connectivity index (χ0v) is 16.0. The summed E-state index contributed by atoms with van der Waals surface area (Å²) in [4.78, 5) is 33.1. The summed E-state index contributed by atoms with van der Waals surface area (Å²) in [5.41, 5.74) is 2.70. The lowest BCUT2D eigenvalue weighted by atomic mass is 10.2. The van der Waals surface area contributed by atoms with E-state index >= 15 is 0 Å². The Labute approximate surface area is 165 Å². The Hall–Kier alpha value is -3.24. The Morgan fingerprint density at radius 2 is 2.18 bits per heavy atom. The molecule has 0 aliphatic carbocycles. The van der Waals surface area contributed by atoms with Crippen molar-refractivity contribution in [3.8, 4) is 10.4 Å². The van der Waals surface area contributed by atoms with Gasteiger partial charge in [0.1, 0.15) is 27.1 Å². The molecular weight excluding hydrogens is 402 g/mol. The van der Waals surface area contributed by atoms with Crippen molar-refractivity contribution < 1.29 is 4.79 Å². The number of pyridine rings is 2. The Kier molecular flexibility index (Phi) is 3.71. The molecule has 1 amide bonds. The molecular formula is C17H12ClN7O2S. The number of aromatic nitrogens is 6. The molecule has 140 valence electrons. The third-order valence-electron chi connectivity index (χ3n) is 4.29. The molecule has 5 rings (SSSR count). The Balaban J connectivity index is 1.70. The van der Waals surface area contributed by atoms with Gasteiger partial charge in [-0.05, 0) is 6.07 Å². The van der Waals surface area contributed by atoms with Gasteiger partial charge in [-0.25, -0.2) is 4.52 Å². The molecule has 0 bridgehead atoms. The number of H-pyrrole nitrogens is 1. The van der Waals surface area contributed by atoms with Crippen molar-refractivity contribution in [3.05, 3.63) is 41.2 Å². The van der Waals surface area contributed by atoms with Gasteiger partial charge in [-0.3, -0.25) is 19.3 Å². The average molecular weight is 414 g/mol. The molecule has 5 aromatic heterocycles. The van der Waals surface area contributed by atoms with Gasteiger partial charge in [0.2, 0.25) is 5.91 Å². The highest BCUT2D eigenvalue weighted by molar-refractivity contribution is 7.21. The first-order chi connectivity index (χ1) is 13.5. The highest BCUT2D eigenvalue weighted by Crippen LogP contribution is 2.33. The molecule has 0 saturated carbocycles.